The Kier molecular flexibility index (Phi) is 4.65. The van der Waals surface area contributed by atoms with Gasteiger partial charge in [-0.15, -0.1) is 8.58 Å². The predicted molar refractivity (Wildman–Crippen MR) is 73.3 cm³/mol. The van der Waals surface area contributed by atoms with Gasteiger partial charge in [-0.3, -0.25) is 0 Å². The molecule has 15 heavy (non-hydrogen) atoms. The van der Waals surface area contributed by atoms with Crippen LogP contribution in [0.25, 0.3) is 0 Å². The van der Waals surface area contributed by atoms with Crippen LogP contribution >= 0.6 is 8.58 Å². The smallest absolute Gasteiger partial charge is 0.0117 e. The van der Waals surface area contributed by atoms with Crippen molar-refractivity contribution < 1.29 is 0 Å². The van der Waals surface area contributed by atoms with Crippen molar-refractivity contribution in [1.29, 1.82) is 0 Å². The molecule has 0 spiro atoms. The monoisotopic (exact) mass is 228 g/mol. The summed E-state index contributed by atoms with van der Waals surface area (Å²) in [6.07, 6.45) is 9.03. The van der Waals surface area contributed by atoms with Gasteiger partial charge in [-0.2, -0.15) is 0 Å². The van der Waals surface area contributed by atoms with Crippen LogP contribution in [-0.2, 0) is 0 Å². The van der Waals surface area contributed by atoms with Crippen LogP contribution < -0.4 is 0 Å². The quantitative estimate of drug-likeness (QED) is 0.499. The van der Waals surface area contributed by atoms with Crippen molar-refractivity contribution in [3.63, 3.8) is 0 Å². The average molecular weight is 228 g/mol. The van der Waals surface area contributed by atoms with E-state index in [-0.39, 0.29) is 0 Å². The Bertz CT molecular complexity index is 198. The minimum absolute atomic E-state index is 0.655. The van der Waals surface area contributed by atoms with E-state index in [1.165, 1.54) is 47.1 Å². The van der Waals surface area contributed by atoms with E-state index < -0.39 is 0 Å². The minimum atomic E-state index is 0.655. The predicted octanol–water partition coefficient (Wildman–Crippen LogP) is 5.21. The second kappa shape index (κ2) is 5.17. The van der Waals surface area contributed by atoms with Crippen molar-refractivity contribution >= 4 is 8.58 Å². The molecule has 0 radical (unpaired) electrons. The van der Waals surface area contributed by atoms with Gasteiger partial charge in [-0.1, -0.05) is 47.5 Å². The molecule has 2 rings (SSSR count). The second-order valence-corrected chi connectivity index (χ2v) is 8.65. The molecule has 1 heterocycles. The first kappa shape index (κ1) is 13.5. The fraction of sp³-hybridized carbons (Fsp3) is 1.00. The highest BCUT2D eigenvalue weighted by molar-refractivity contribution is 7.42. The normalized spacial score (nSPS) is 40.2. The molecule has 0 aromatic carbocycles. The molecule has 1 saturated heterocycles. The molecule has 2 aliphatic rings. The molecule has 0 N–H and O–H groups in total. The maximum atomic E-state index is 2.57. The van der Waals surface area contributed by atoms with E-state index in [0.29, 0.717) is 5.16 Å². The summed E-state index contributed by atoms with van der Waals surface area (Å²) < 4.78 is 0. The maximum absolute atomic E-state index is 2.57. The summed E-state index contributed by atoms with van der Waals surface area (Å²) in [5, 5.41) is 1.39. The van der Waals surface area contributed by atoms with Gasteiger partial charge in [0.25, 0.3) is 0 Å². The Morgan fingerprint density at radius 2 is 1.60 bits per heavy atom. The van der Waals surface area contributed by atoms with Crippen LogP contribution in [-0.4, -0.2) is 10.3 Å². The lowest BCUT2D eigenvalue weighted by Gasteiger charge is -2.51. The topological polar surface area (TPSA) is 0 Å². The van der Waals surface area contributed by atoms with Gasteiger partial charge in [0.05, 0.1) is 0 Å². The molecule has 0 amide bonds. The Morgan fingerprint density at radius 3 is 2.27 bits per heavy atom. The van der Waals surface area contributed by atoms with E-state index >= 15 is 0 Å². The first-order valence-electron chi connectivity index (χ1n) is 6.81. The van der Waals surface area contributed by atoms with E-state index in [9.17, 15) is 0 Å². The van der Waals surface area contributed by atoms with Crippen LogP contribution in [0.4, 0.5) is 0 Å². The molecular formula is C14H29P. The molecule has 0 aromatic heterocycles. The van der Waals surface area contributed by atoms with E-state index in [4.69, 9.17) is 0 Å². The van der Waals surface area contributed by atoms with Crippen molar-refractivity contribution in [3.05, 3.63) is 0 Å². The molecule has 3 atom stereocenters. The lowest BCUT2D eigenvalue weighted by atomic mass is 9.75. The molecule has 0 aromatic rings. The van der Waals surface area contributed by atoms with Crippen molar-refractivity contribution in [1.82, 2.24) is 0 Å². The summed E-state index contributed by atoms with van der Waals surface area (Å²) in [7, 11) is 1.21. The highest BCUT2D eigenvalue weighted by atomic mass is 31.1. The zero-order chi connectivity index (χ0) is 11.5. The maximum Gasteiger partial charge on any atom is -0.0117 e. The number of fused-ring (bicyclic) bond motifs is 1. The zero-order valence-electron chi connectivity index (χ0n) is 11.3. The Balaban J connectivity index is 0.000000531. The highest BCUT2D eigenvalue weighted by Crippen LogP contribution is 2.59. The van der Waals surface area contributed by atoms with Gasteiger partial charge in [0.15, 0.2) is 0 Å². The standard InChI is InChI=1S/C12H23P.C2H6/c1-11(2)9-7-10-6-4-5-8-12(10,3)13-11;1-2/h10,13H,4-9H2,1-3H3;1-2H3. The lowest BCUT2D eigenvalue weighted by molar-refractivity contribution is 0.240. The molecule has 1 heteroatoms. The molecule has 0 bridgehead atoms. The summed E-state index contributed by atoms with van der Waals surface area (Å²) in [6, 6.07) is 0. The molecule has 1 aliphatic heterocycles. The van der Waals surface area contributed by atoms with Gasteiger partial charge in [0.1, 0.15) is 0 Å². The third-order valence-corrected chi connectivity index (χ3v) is 6.30. The third kappa shape index (κ3) is 3.19. The van der Waals surface area contributed by atoms with Crippen molar-refractivity contribution in [3.8, 4) is 0 Å². The number of hydrogen-bond acceptors (Lipinski definition) is 0. The summed E-state index contributed by atoms with van der Waals surface area (Å²) in [5.74, 6) is 1.08. The van der Waals surface area contributed by atoms with Gasteiger partial charge in [0.2, 0.25) is 0 Å². The summed E-state index contributed by atoms with van der Waals surface area (Å²) >= 11 is 0. The first-order chi connectivity index (χ1) is 7.02. The summed E-state index contributed by atoms with van der Waals surface area (Å²) in [5.41, 5.74) is 0. The third-order valence-electron chi connectivity index (χ3n) is 4.14. The molecule has 3 unspecified atom stereocenters. The fourth-order valence-electron chi connectivity index (χ4n) is 3.40. The van der Waals surface area contributed by atoms with Gasteiger partial charge >= 0.3 is 0 Å². The SMILES string of the molecule is CC.CC1(C)CCC2CCCCC2(C)P1. The van der Waals surface area contributed by atoms with Crippen LogP contribution in [0.15, 0.2) is 0 Å². The van der Waals surface area contributed by atoms with E-state index in [2.05, 4.69) is 20.8 Å². The van der Waals surface area contributed by atoms with Crippen LogP contribution in [0, 0.1) is 5.92 Å². The molecule has 1 saturated carbocycles. The molecular weight excluding hydrogens is 199 g/mol. The van der Waals surface area contributed by atoms with Crippen molar-refractivity contribution in [2.24, 2.45) is 5.92 Å². The van der Waals surface area contributed by atoms with Gasteiger partial charge in [-0.05, 0) is 41.9 Å². The zero-order valence-corrected chi connectivity index (χ0v) is 12.3. The van der Waals surface area contributed by atoms with Gasteiger partial charge in [0, 0.05) is 0 Å². The molecule has 1 aliphatic carbocycles. The van der Waals surface area contributed by atoms with Crippen LogP contribution in [0.2, 0.25) is 0 Å². The Labute approximate surface area is 98.4 Å². The number of hydrogen-bond donors (Lipinski definition) is 0. The number of rotatable bonds is 0. The van der Waals surface area contributed by atoms with Crippen LogP contribution in [0.3, 0.4) is 0 Å². The second-order valence-electron chi connectivity index (χ2n) is 5.91. The summed E-state index contributed by atoms with van der Waals surface area (Å²) in [6.45, 7) is 11.5. The average Bonchev–Trinajstić information content (AvgIpc) is 2.18. The van der Waals surface area contributed by atoms with Crippen LogP contribution in [0.5, 0.6) is 0 Å². The summed E-state index contributed by atoms with van der Waals surface area (Å²) in [4.78, 5) is 0. The molecule has 0 nitrogen and oxygen atoms in total. The molecule has 90 valence electrons. The Morgan fingerprint density at radius 1 is 0.933 bits per heavy atom. The van der Waals surface area contributed by atoms with Crippen LogP contribution in [0.1, 0.15) is 73.1 Å². The lowest BCUT2D eigenvalue weighted by Crippen LogP contribution is -2.41. The van der Waals surface area contributed by atoms with Gasteiger partial charge in [-0.25, -0.2) is 0 Å². The molecule has 2 fully saturated rings. The first-order valence-corrected chi connectivity index (χ1v) is 7.81. The van der Waals surface area contributed by atoms with E-state index in [1.54, 1.807) is 0 Å². The van der Waals surface area contributed by atoms with Gasteiger partial charge < -0.3 is 0 Å². The minimum Gasteiger partial charge on any atom is -0.110 e. The van der Waals surface area contributed by atoms with E-state index in [1.807, 2.05) is 13.8 Å². The van der Waals surface area contributed by atoms with Crippen molar-refractivity contribution in [2.75, 3.05) is 0 Å². The van der Waals surface area contributed by atoms with Crippen molar-refractivity contribution in [2.45, 2.75) is 83.5 Å². The Hall–Kier alpha value is 0.430. The largest absolute Gasteiger partial charge is 0.110 e. The fourth-order valence-corrected chi connectivity index (χ4v) is 6.01. The highest BCUT2D eigenvalue weighted by Gasteiger charge is 2.44. The van der Waals surface area contributed by atoms with E-state index in [0.717, 1.165) is 11.1 Å².